The number of hydrogen-bond acceptors (Lipinski definition) is 2. The first-order chi connectivity index (χ1) is 9.17. The molecule has 0 saturated heterocycles. The molecule has 3 heteroatoms. The normalized spacial score (nSPS) is 11.3. The molecule has 0 unspecified atom stereocenters. The molecule has 19 heavy (non-hydrogen) atoms. The van der Waals surface area contributed by atoms with Crippen LogP contribution in [0.2, 0.25) is 11.9 Å². The van der Waals surface area contributed by atoms with Gasteiger partial charge in [0.1, 0.15) is 0 Å². The molecule has 0 aromatic heterocycles. The van der Waals surface area contributed by atoms with Crippen molar-refractivity contribution in [1.82, 2.24) is 0 Å². The SMILES string of the molecule is CC[CH2][Pb]([CH2]CC)([CH2]CC)[O]C(=O)c1ccccc1. The Kier molecular flexibility index (Phi) is 7.65. The fourth-order valence-corrected chi connectivity index (χ4v) is 19.4. The van der Waals surface area contributed by atoms with Crippen molar-refractivity contribution in [3.05, 3.63) is 35.9 Å². The summed E-state index contributed by atoms with van der Waals surface area (Å²) in [6.45, 7) is 6.61. The van der Waals surface area contributed by atoms with E-state index in [9.17, 15) is 4.79 Å². The van der Waals surface area contributed by atoms with Gasteiger partial charge in [-0.25, -0.2) is 0 Å². The minimum atomic E-state index is -2.86. The number of carbonyl (C=O) groups excluding carboxylic acids is 1. The molecule has 0 atom stereocenters. The zero-order chi connectivity index (χ0) is 14.1. The quantitative estimate of drug-likeness (QED) is 0.513. The third kappa shape index (κ3) is 5.24. The van der Waals surface area contributed by atoms with E-state index in [2.05, 4.69) is 20.8 Å². The summed E-state index contributed by atoms with van der Waals surface area (Å²) in [6.07, 6.45) is 3.43. The molecule has 1 rings (SSSR count). The Morgan fingerprint density at radius 3 is 1.84 bits per heavy atom. The van der Waals surface area contributed by atoms with Crippen LogP contribution < -0.4 is 0 Å². The molecule has 0 fully saturated rings. The van der Waals surface area contributed by atoms with Crippen LogP contribution in [0.5, 0.6) is 0 Å². The summed E-state index contributed by atoms with van der Waals surface area (Å²) in [5.41, 5.74) is 0.704. The molecule has 0 heterocycles. The molecule has 0 aliphatic heterocycles. The van der Waals surface area contributed by atoms with Gasteiger partial charge in [0, 0.05) is 0 Å². The Morgan fingerprint density at radius 2 is 1.42 bits per heavy atom. The van der Waals surface area contributed by atoms with E-state index in [0.29, 0.717) is 5.56 Å². The molecule has 0 amide bonds. The minimum absolute atomic E-state index is 0.0855. The van der Waals surface area contributed by atoms with E-state index >= 15 is 0 Å². The zero-order valence-corrected chi connectivity index (χ0v) is 16.3. The van der Waals surface area contributed by atoms with Gasteiger partial charge < -0.3 is 0 Å². The Labute approximate surface area is 122 Å². The summed E-state index contributed by atoms with van der Waals surface area (Å²) in [7, 11) is 0. The van der Waals surface area contributed by atoms with Gasteiger partial charge in [-0.2, -0.15) is 0 Å². The van der Waals surface area contributed by atoms with Crippen molar-refractivity contribution in [2.24, 2.45) is 0 Å². The zero-order valence-electron chi connectivity index (χ0n) is 12.4. The van der Waals surface area contributed by atoms with Crippen molar-refractivity contribution in [3.8, 4) is 0 Å². The maximum atomic E-state index is 12.3. The van der Waals surface area contributed by atoms with Crippen LogP contribution in [-0.4, -0.2) is 27.6 Å². The van der Waals surface area contributed by atoms with E-state index in [1.165, 1.54) is 11.9 Å². The van der Waals surface area contributed by atoms with Gasteiger partial charge in [0.2, 0.25) is 0 Å². The van der Waals surface area contributed by atoms with Crippen molar-refractivity contribution < 1.29 is 7.48 Å². The molecule has 1 aromatic carbocycles. The monoisotopic (exact) mass is 458 g/mol. The predicted octanol–water partition coefficient (Wildman–Crippen LogP) is 5.02. The average Bonchev–Trinajstić information content (AvgIpc) is 2.40. The second-order valence-corrected chi connectivity index (χ2v) is 21.0. The Bertz CT molecular complexity index is 359. The topological polar surface area (TPSA) is 26.3 Å². The van der Waals surface area contributed by atoms with E-state index in [1.54, 1.807) is 0 Å². The van der Waals surface area contributed by atoms with Gasteiger partial charge in [-0.05, 0) is 0 Å². The van der Waals surface area contributed by atoms with Crippen molar-refractivity contribution >= 4 is 27.6 Å². The van der Waals surface area contributed by atoms with E-state index in [-0.39, 0.29) is 5.97 Å². The molecule has 0 aliphatic rings. The summed E-state index contributed by atoms with van der Waals surface area (Å²) < 4.78 is 9.65. The summed E-state index contributed by atoms with van der Waals surface area (Å²) in [5.74, 6) is -0.0855. The molecule has 1 aromatic rings. The summed E-state index contributed by atoms with van der Waals surface area (Å²) >= 11 is -2.86. The van der Waals surface area contributed by atoms with Gasteiger partial charge in [-0.15, -0.1) is 0 Å². The molecule has 106 valence electrons. The van der Waals surface area contributed by atoms with Crippen LogP contribution >= 0.6 is 0 Å². The van der Waals surface area contributed by atoms with E-state index < -0.39 is 21.6 Å². The average molecular weight is 458 g/mol. The third-order valence-corrected chi connectivity index (χ3v) is 22.3. The number of hydrogen-bond donors (Lipinski definition) is 0. The molecular formula is C16H26O2Pb. The standard InChI is InChI=1S/C7H6O2.3C3H7.Pb/c8-7(9)6-4-2-1-3-5-6;3*1-3-2;/h1-5H,(H,8,9);3*1,3H2,2H3;/q;;;;+1/p-1. The van der Waals surface area contributed by atoms with Crippen LogP contribution in [0, 0.1) is 0 Å². The number of benzene rings is 1. The van der Waals surface area contributed by atoms with Gasteiger partial charge >= 0.3 is 123 Å². The summed E-state index contributed by atoms with van der Waals surface area (Å²) in [6, 6.07) is 9.43. The van der Waals surface area contributed by atoms with Crippen LogP contribution in [0.3, 0.4) is 0 Å². The fourth-order valence-electron chi connectivity index (χ4n) is 2.72. The van der Waals surface area contributed by atoms with Crippen LogP contribution in [0.15, 0.2) is 30.3 Å². The van der Waals surface area contributed by atoms with Crippen LogP contribution in [0.4, 0.5) is 0 Å². The van der Waals surface area contributed by atoms with Crippen LogP contribution in [0.1, 0.15) is 50.4 Å². The first kappa shape index (κ1) is 16.7. The Hall–Kier alpha value is -0.388. The van der Waals surface area contributed by atoms with Gasteiger partial charge in [-0.3, -0.25) is 0 Å². The van der Waals surface area contributed by atoms with Gasteiger partial charge in [-0.1, -0.05) is 0 Å². The van der Waals surface area contributed by atoms with Crippen molar-refractivity contribution in [1.29, 1.82) is 0 Å². The first-order valence-electron chi connectivity index (χ1n) is 7.46. The third-order valence-electron chi connectivity index (χ3n) is 3.44. The van der Waals surface area contributed by atoms with E-state index in [1.807, 2.05) is 30.3 Å². The molecule has 0 N–H and O–H groups in total. The van der Waals surface area contributed by atoms with Crippen molar-refractivity contribution in [3.63, 3.8) is 0 Å². The van der Waals surface area contributed by atoms with Gasteiger partial charge in [0.05, 0.1) is 0 Å². The molecular weight excluding hydrogens is 431 g/mol. The first-order valence-corrected chi connectivity index (χ1v) is 17.3. The molecule has 0 spiro atoms. The summed E-state index contributed by atoms with van der Waals surface area (Å²) in [5, 5.41) is 0. The molecule has 0 saturated carbocycles. The molecule has 0 aliphatic carbocycles. The van der Waals surface area contributed by atoms with E-state index in [0.717, 1.165) is 19.3 Å². The predicted molar refractivity (Wildman–Crippen MR) is 82.9 cm³/mol. The number of carbonyl (C=O) groups is 1. The second kappa shape index (κ2) is 8.72. The van der Waals surface area contributed by atoms with E-state index in [4.69, 9.17) is 2.69 Å². The van der Waals surface area contributed by atoms with Crippen LogP contribution in [0.25, 0.3) is 0 Å². The molecule has 0 bridgehead atoms. The summed E-state index contributed by atoms with van der Waals surface area (Å²) in [4.78, 5) is 12.3. The van der Waals surface area contributed by atoms with Gasteiger partial charge in [0.15, 0.2) is 0 Å². The second-order valence-electron chi connectivity index (χ2n) is 5.19. The Morgan fingerprint density at radius 1 is 0.947 bits per heavy atom. The fraction of sp³-hybridized carbons (Fsp3) is 0.562. The van der Waals surface area contributed by atoms with Crippen molar-refractivity contribution in [2.45, 2.75) is 52.0 Å². The molecule has 0 radical (unpaired) electrons. The van der Waals surface area contributed by atoms with Gasteiger partial charge in [0.25, 0.3) is 0 Å². The maximum absolute atomic E-state index is 12.3. The van der Waals surface area contributed by atoms with Crippen LogP contribution in [-0.2, 0) is 2.69 Å². The Balaban J connectivity index is 2.83. The van der Waals surface area contributed by atoms with Crippen molar-refractivity contribution in [2.75, 3.05) is 0 Å². The molecule has 2 nitrogen and oxygen atoms in total. The number of rotatable bonds is 8.